The lowest BCUT2D eigenvalue weighted by Gasteiger charge is -2.10. The second-order valence-corrected chi connectivity index (χ2v) is 3.56. The summed E-state index contributed by atoms with van der Waals surface area (Å²) < 4.78 is 4.93. The highest BCUT2D eigenvalue weighted by molar-refractivity contribution is 5.95. The predicted octanol–water partition coefficient (Wildman–Crippen LogP) is -0.119. The quantitative estimate of drug-likeness (QED) is 0.396. The van der Waals surface area contributed by atoms with Crippen molar-refractivity contribution in [1.82, 2.24) is 0 Å². The van der Waals surface area contributed by atoms with Crippen LogP contribution in [0.3, 0.4) is 0 Å². The summed E-state index contributed by atoms with van der Waals surface area (Å²) in [6.45, 7) is 0.444. The number of amides is 1. The number of ether oxygens (including phenoxy) is 1. The minimum absolute atomic E-state index is 0.0879. The first-order chi connectivity index (χ1) is 8.50. The lowest BCUT2D eigenvalue weighted by Crippen LogP contribution is -2.21. The third-order valence-corrected chi connectivity index (χ3v) is 2.08. The molecule has 1 amide bonds. The Balaban J connectivity index is 2.51. The SMILES string of the molecule is NC(=O)COCCNc1ccc(N)cc1C(=O)O. The highest BCUT2D eigenvalue weighted by Gasteiger charge is 2.09. The Morgan fingerprint density at radius 1 is 1.39 bits per heavy atom. The van der Waals surface area contributed by atoms with Gasteiger partial charge < -0.3 is 26.6 Å². The monoisotopic (exact) mass is 253 g/mol. The van der Waals surface area contributed by atoms with E-state index in [1.807, 2.05) is 0 Å². The van der Waals surface area contributed by atoms with Gasteiger partial charge in [0.05, 0.1) is 12.2 Å². The second kappa shape index (κ2) is 6.45. The Bertz CT molecular complexity index is 448. The van der Waals surface area contributed by atoms with Gasteiger partial charge in [-0.15, -0.1) is 0 Å². The highest BCUT2D eigenvalue weighted by Crippen LogP contribution is 2.18. The first kappa shape index (κ1) is 13.8. The van der Waals surface area contributed by atoms with Crippen LogP contribution in [0.5, 0.6) is 0 Å². The molecule has 0 saturated carbocycles. The Hall–Kier alpha value is -2.28. The summed E-state index contributed by atoms with van der Waals surface area (Å²) in [5.74, 6) is -1.61. The third-order valence-electron chi connectivity index (χ3n) is 2.08. The van der Waals surface area contributed by atoms with Gasteiger partial charge >= 0.3 is 5.97 Å². The summed E-state index contributed by atoms with van der Waals surface area (Å²) in [7, 11) is 0. The molecule has 0 radical (unpaired) electrons. The number of nitrogens with one attached hydrogen (secondary N) is 1. The fourth-order valence-corrected chi connectivity index (χ4v) is 1.32. The van der Waals surface area contributed by atoms with Gasteiger partial charge in [0.2, 0.25) is 5.91 Å². The first-order valence-corrected chi connectivity index (χ1v) is 5.23. The Morgan fingerprint density at radius 2 is 2.11 bits per heavy atom. The van der Waals surface area contributed by atoms with Crippen molar-refractivity contribution in [2.75, 3.05) is 30.8 Å². The van der Waals surface area contributed by atoms with E-state index < -0.39 is 11.9 Å². The second-order valence-electron chi connectivity index (χ2n) is 3.56. The first-order valence-electron chi connectivity index (χ1n) is 5.23. The molecule has 6 N–H and O–H groups in total. The van der Waals surface area contributed by atoms with Crippen LogP contribution in [-0.4, -0.2) is 36.7 Å². The molecule has 0 saturated heterocycles. The number of rotatable bonds is 7. The van der Waals surface area contributed by atoms with Gasteiger partial charge in [0, 0.05) is 17.9 Å². The minimum atomic E-state index is -1.07. The molecular weight excluding hydrogens is 238 g/mol. The number of carbonyl (C=O) groups excluding carboxylic acids is 1. The Kier molecular flexibility index (Phi) is 4.94. The van der Waals surface area contributed by atoms with Gasteiger partial charge in [-0.25, -0.2) is 4.79 Å². The van der Waals surface area contributed by atoms with Crippen molar-refractivity contribution < 1.29 is 19.4 Å². The predicted molar refractivity (Wildman–Crippen MR) is 66.3 cm³/mol. The summed E-state index contributed by atoms with van der Waals surface area (Å²) in [5, 5.41) is 11.9. The molecule has 0 fully saturated rings. The van der Waals surface area contributed by atoms with Crippen LogP contribution < -0.4 is 16.8 Å². The number of carboxylic acid groups (broad SMARTS) is 1. The number of benzene rings is 1. The van der Waals surface area contributed by atoms with Crippen LogP contribution in [0, 0.1) is 0 Å². The van der Waals surface area contributed by atoms with Crippen LogP contribution in [0.2, 0.25) is 0 Å². The van der Waals surface area contributed by atoms with E-state index in [4.69, 9.17) is 21.3 Å². The number of anilines is 2. The van der Waals surface area contributed by atoms with Gasteiger partial charge in [-0.2, -0.15) is 0 Å². The number of carboxylic acids is 1. The van der Waals surface area contributed by atoms with Crippen molar-refractivity contribution in [3.05, 3.63) is 23.8 Å². The molecule has 0 atom stereocenters. The standard InChI is InChI=1S/C11H15N3O4/c12-7-1-2-9(8(5-7)11(16)17)14-3-4-18-6-10(13)15/h1-2,5,14H,3-4,6,12H2,(H2,13,15)(H,16,17). The van der Waals surface area contributed by atoms with Crippen molar-refractivity contribution in [3.63, 3.8) is 0 Å². The van der Waals surface area contributed by atoms with Crippen molar-refractivity contribution in [3.8, 4) is 0 Å². The van der Waals surface area contributed by atoms with Crippen LogP contribution in [0.15, 0.2) is 18.2 Å². The molecule has 1 aromatic rings. The molecule has 0 bridgehead atoms. The van der Waals surface area contributed by atoms with E-state index in [0.717, 1.165) is 0 Å². The summed E-state index contributed by atoms with van der Waals surface area (Å²) in [4.78, 5) is 21.4. The molecule has 0 aliphatic rings. The van der Waals surface area contributed by atoms with E-state index >= 15 is 0 Å². The maximum absolute atomic E-state index is 11.0. The normalized spacial score (nSPS) is 10.0. The van der Waals surface area contributed by atoms with Crippen molar-refractivity contribution in [1.29, 1.82) is 0 Å². The maximum Gasteiger partial charge on any atom is 0.337 e. The number of aromatic carboxylic acids is 1. The average Bonchev–Trinajstić information content (AvgIpc) is 2.29. The van der Waals surface area contributed by atoms with E-state index in [1.165, 1.54) is 6.07 Å². The van der Waals surface area contributed by atoms with Gasteiger partial charge in [-0.1, -0.05) is 0 Å². The molecule has 18 heavy (non-hydrogen) atoms. The molecule has 0 aromatic heterocycles. The van der Waals surface area contributed by atoms with E-state index in [0.29, 0.717) is 17.9 Å². The van der Waals surface area contributed by atoms with Crippen LogP contribution >= 0.6 is 0 Å². The summed E-state index contributed by atoms with van der Waals surface area (Å²) >= 11 is 0. The summed E-state index contributed by atoms with van der Waals surface area (Å²) in [6, 6.07) is 4.54. The number of primary amides is 1. The largest absolute Gasteiger partial charge is 0.478 e. The molecule has 7 heteroatoms. The molecule has 1 aromatic carbocycles. The number of hydrogen-bond acceptors (Lipinski definition) is 5. The molecule has 0 unspecified atom stereocenters. The van der Waals surface area contributed by atoms with E-state index in [9.17, 15) is 9.59 Å². The van der Waals surface area contributed by atoms with Gasteiger partial charge in [0.25, 0.3) is 0 Å². The molecule has 7 nitrogen and oxygen atoms in total. The van der Waals surface area contributed by atoms with Crippen molar-refractivity contribution in [2.45, 2.75) is 0 Å². The topological polar surface area (TPSA) is 128 Å². The fraction of sp³-hybridized carbons (Fsp3) is 0.273. The van der Waals surface area contributed by atoms with Crippen molar-refractivity contribution in [2.24, 2.45) is 5.73 Å². The molecule has 0 aliphatic carbocycles. The zero-order chi connectivity index (χ0) is 13.5. The van der Waals surface area contributed by atoms with Crippen LogP contribution in [0.4, 0.5) is 11.4 Å². The Morgan fingerprint density at radius 3 is 2.72 bits per heavy atom. The van der Waals surface area contributed by atoms with E-state index in [1.54, 1.807) is 12.1 Å². The van der Waals surface area contributed by atoms with Crippen LogP contribution in [-0.2, 0) is 9.53 Å². The summed E-state index contributed by atoms with van der Waals surface area (Å²) in [6.07, 6.45) is 0. The van der Waals surface area contributed by atoms with Gasteiger partial charge in [-0.3, -0.25) is 4.79 Å². The van der Waals surface area contributed by atoms with Crippen LogP contribution in [0.25, 0.3) is 0 Å². The number of hydrogen-bond donors (Lipinski definition) is 4. The zero-order valence-electron chi connectivity index (χ0n) is 9.68. The van der Waals surface area contributed by atoms with Gasteiger partial charge in [0.15, 0.2) is 0 Å². The lowest BCUT2D eigenvalue weighted by atomic mass is 10.1. The fourth-order valence-electron chi connectivity index (χ4n) is 1.32. The molecule has 98 valence electrons. The molecule has 0 aliphatic heterocycles. The molecule has 1 rings (SSSR count). The number of nitrogen functional groups attached to an aromatic ring is 1. The van der Waals surface area contributed by atoms with E-state index in [2.05, 4.69) is 5.32 Å². The summed E-state index contributed by atoms with van der Waals surface area (Å²) in [5.41, 5.74) is 11.3. The van der Waals surface area contributed by atoms with Crippen LogP contribution in [0.1, 0.15) is 10.4 Å². The highest BCUT2D eigenvalue weighted by atomic mass is 16.5. The minimum Gasteiger partial charge on any atom is -0.478 e. The zero-order valence-corrected chi connectivity index (χ0v) is 9.68. The third kappa shape index (κ3) is 4.30. The van der Waals surface area contributed by atoms with E-state index in [-0.39, 0.29) is 18.8 Å². The Labute approximate surface area is 104 Å². The molecule has 0 spiro atoms. The van der Waals surface area contributed by atoms with Crippen molar-refractivity contribution >= 4 is 23.3 Å². The average molecular weight is 253 g/mol. The number of nitrogens with two attached hydrogens (primary N) is 2. The lowest BCUT2D eigenvalue weighted by molar-refractivity contribution is -0.122. The molecule has 0 heterocycles. The molecular formula is C11H15N3O4. The van der Waals surface area contributed by atoms with Gasteiger partial charge in [0.1, 0.15) is 6.61 Å². The van der Waals surface area contributed by atoms with Gasteiger partial charge in [-0.05, 0) is 18.2 Å². The number of carbonyl (C=O) groups is 2. The maximum atomic E-state index is 11.0. The smallest absolute Gasteiger partial charge is 0.337 e.